The molecule has 1 heterocycles. The maximum atomic E-state index is 13.1. The maximum absolute atomic E-state index is 13.1. The van der Waals surface area contributed by atoms with E-state index in [-0.39, 0.29) is 5.91 Å². The maximum Gasteiger partial charge on any atom is 0.276 e. The molecule has 9 heteroatoms. The zero-order valence-electron chi connectivity index (χ0n) is 15.3. The summed E-state index contributed by atoms with van der Waals surface area (Å²) in [5.74, 6) is 1.78. The van der Waals surface area contributed by atoms with Gasteiger partial charge in [0.05, 0.1) is 13.0 Å². The first-order valence-corrected chi connectivity index (χ1v) is 10.4. The number of amides is 1. The molecule has 0 aliphatic rings. The molecular weight excluding hydrogens is 419 g/mol. The highest BCUT2D eigenvalue weighted by molar-refractivity contribution is 7.98. The van der Waals surface area contributed by atoms with E-state index in [1.807, 2.05) is 31.2 Å². The van der Waals surface area contributed by atoms with Crippen LogP contribution in [0.5, 0.6) is 5.75 Å². The number of methoxy groups -OCH3 is 1. The molecule has 0 aliphatic carbocycles. The molecule has 0 aliphatic heterocycles. The van der Waals surface area contributed by atoms with Gasteiger partial charge in [-0.1, -0.05) is 35.3 Å². The van der Waals surface area contributed by atoms with Gasteiger partial charge in [0.2, 0.25) is 0 Å². The summed E-state index contributed by atoms with van der Waals surface area (Å²) in [5, 5.41) is 12.1. The Morgan fingerprint density at radius 3 is 2.46 bits per heavy atom. The number of carbonyl (C=O) groups is 1. The van der Waals surface area contributed by atoms with Crippen molar-refractivity contribution in [2.75, 3.05) is 18.2 Å². The van der Waals surface area contributed by atoms with Crippen LogP contribution in [0.4, 0.5) is 5.69 Å². The molecule has 6 nitrogen and oxygen atoms in total. The number of hydrogen-bond acceptors (Lipinski definition) is 5. The van der Waals surface area contributed by atoms with Crippen LogP contribution in [-0.4, -0.2) is 33.8 Å². The molecule has 146 valence electrons. The van der Waals surface area contributed by atoms with Crippen LogP contribution in [0, 0.1) is 0 Å². The van der Waals surface area contributed by atoms with E-state index in [0.717, 1.165) is 17.1 Å². The molecular formula is C19H18Cl2N4O2S. The van der Waals surface area contributed by atoms with E-state index in [0.29, 0.717) is 33.0 Å². The molecule has 0 unspecified atom stereocenters. The van der Waals surface area contributed by atoms with Crippen LogP contribution >= 0.6 is 35.0 Å². The van der Waals surface area contributed by atoms with Crippen molar-refractivity contribution in [3.63, 3.8) is 0 Å². The third-order valence-corrected chi connectivity index (χ3v) is 5.12. The number of halogens is 2. The van der Waals surface area contributed by atoms with E-state index >= 15 is 0 Å². The monoisotopic (exact) mass is 436 g/mol. The predicted molar refractivity (Wildman–Crippen MR) is 115 cm³/mol. The van der Waals surface area contributed by atoms with Crippen molar-refractivity contribution in [3.05, 3.63) is 58.2 Å². The molecule has 3 aromatic rings. The van der Waals surface area contributed by atoms with Crippen molar-refractivity contribution in [2.45, 2.75) is 12.8 Å². The fraction of sp³-hybridized carbons (Fsp3) is 0.211. The number of aromatic nitrogens is 3. The average Bonchev–Trinajstić information content (AvgIpc) is 3.09. The van der Waals surface area contributed by atoms with E-state index in [1.165, 1.54) is 0 Å². The number of nitrogens with one attached hydrogen (secondary N) is 1. The lowest BCUT2D eigenvalue weighted by Gasteiger charge is -2.10. The van der Waals surface area contributed by atoms with Crippen molar-refractivity contribution in [1.29, 1.82) is 0 Å². The Morgan fingerprint density at radius 1 is 1.18 bits per heavy atom. The van der Waals surface area contributed by atoms with E-state index in [9.17, 15) is 4.79 Å². The molecule has 0 saturated carbocycles. The fourth-order valence-corrected chi connectivity index (χ4v) is 3.63. The van der Waals surface area contributed by atoms with Crippen molar-refractivity contribution in [3.8, 4) is 17.0 Å². The topological polar surface area (TPSA) is 69.0 Å². The van der Waals surface area contributed by atoms with Crippen LogP contribution in [-0.2, 0) is 5.88 Å². The summed E-state index contributed by atoms with van der Waals surface area (Å²) < 4.78 is 6.79. The summed E-state index contributed by atoms with van der Waals surface area (Å²) in [7, 11) is 1.60. The van der Waals surface area contributed by atoms with Gasteiger partial charge < -0.3 is 10.1 Å². The number of hydrogen-bond donors (Lipinski definition) is 1. The largest absolute Gasteiger partial charge is 0.497 e. The van der Waals surface area contributed by atoms with E-state index in [2.05, 4.69) is 15.6 Å². The van der Waals surface area contributed by atoms with Gasteiger partial charge in [0.15, 0.2) is 5.69 Å². The van der Waals surface area contributed by atoms with Crippen molar-refractivity contribution in [2.24, 2.45) is 0 Å². The van der Waals surface area contributed by atoms with Crippen molar-refractivity contribution in [1.82, 2.24) is 15.0 Å². The minimum absolute atomic E-state index is 0.342. The molecule has 2 aromatic carbocycles. The lowest BCUT2D eigenvalue weighted by Crippen LogP contribution is -2.18. The Bertz CT molecular complexity index is 956. The Kier molecular flexibility index (Phi) is 6.83. The van der Waals surface area contributed by atoms with Gasteiger partial charge >= 0.3 is 0 Å². The molecule has 1 aromatic heterocycles. The number of rotatable bonds is 7. The van der Waals surface area contributed by atoms with Crippen molar-refractivity contribution < 1.29 is 9.53 Å². The van der Waals surface area contributed by atoms with Crippen LogP contribution < -0.4 is 10.1 Å². The molecule has 0 spiro atoms. The Labute approximate surface area is 177 Å². The summed E-state index contributed by atoms with van der Waals surface area (Å²) in [6.45, 7) is 2.04. The Hall–Kier alpha value is -2.22. The smallest absolute Gasteiger partial charge is 0.276 e. The van der Waals surface area contributed by atoms with Gasteiger partial charge in [0.1, 0.15) is 11.4 Å². The van der Waals surface area contributed by atoms with Crippen LogP contribution in [0.25, 0.3) is 11.3 Å². The zero-order valence-corrected chi connectivity index (χ0v) is 17.6. The molecule has 0 radical (unpaired) electrons. The van der Waals surface area contributed by atoms with E-state index in [4.69, 9.17) is 27.9 Å². The summed E-state index contributed by atoms with van der Waals surface area (Å²) >= 11 is 13.7. The molecule has 0 saturated heterocycles. The molecule has 0 atom stereocenters. The number of carbonyl (C=O) groups excluding carboxylic acids is 1. The van der Waals surface area contributed by atoms with Gasteiger partial charge in [-0.3, -0.25) is 4.79 Å². The van der Waals surface area contributed by atoms with Crippen LogP contribution in [0.3, 0.4) is 0 Å². The number of thioether (sulfide) groups is 1. The van der Waals surface area contributed by atoms with Gasteiger partial charge in [-0.25, -0.2) is 4.68 Å². The molecule has 0 fully saturated rings. The van der Waals surface area contributed by atoms with Crippen LogP contribution in [0.15, 0.2) is 42.5 Å². The third kappa shape index (κ3) is 4.79. The lowest BCUT2D eigenvalue weighted by molar-refractivity contribution is 0.101. The fourth-order valence-electron chi connectivity index (χ4n) is 2.57. The first kappa shape index (κ1) is 20.5. The summed E-state index contributed by atoms with van der Waals surface area (Å²) in [6.07, 6.45) is 0. The van der Waals surface area contributed by atoms with Gasteiger partial charge in [-0.05, 0) is 48.2 Å². The lowest BCUT2D eigenvalue weighted by atomic mass is 10.1. The second-order valence-electron chi connectivity index (χ2n) is 5.75. The van der Waals surface area contributed by atoms with Crippen molar-refractivity contribution >= 4 is 46.6 Å². The Balaban J connectivity index is 1.97. The number of nitrogens with zero attached hydrogens (tertiary/aromatic N) is 3. The first-order valence-electron chi connectivity index (χ1n) is 8.45. The average molecular weight is 437 g/mol. The second kappa shape index (κ2) is 9.32. The summed E-state index contributed by atoms with van der Waals surface area (Å²) in [4.78, 5) is 13.1. The highest BCUT2D eigenvalue weighted by Crippen LogP contribution is 2.27. The van der Waals surface area contributed by atoms with Gasteiger partial charge in [0.25, 0.3) is 5.91 Å². The van der Waals surface area contributed by atoms with Gasteiger partial charge in [-0.2, -0.15) is 0 Å². The predicted octanol–water partition coefficient (Wildman–Crippen LogP) is 5.22. The quantitative estimate of drug-likeness (QED) is 0.549. The number of ether oxygens (including phenoxy) is 1. The highest BCUT2D eigenvalue weighted by Gasteiger charge is 2.22. The first-order chi connectivity index (χ1) is 13.5. The summed E-state index contributed by atoms with van der Waals surface area (Å²) in [5.41, 5.74) is 2.12. The molecule has 1 N–H and O–H groups in total. The number of benzene rings is 2. The number of anilines is 1. The second-order valence-corrected chi connectivity index (χ2v) is 7.87. The standard InChI is InChI=1S/C19H18Cl2N4O2S/c1-3-28-11-25-18(19(26)22-15-9-13(20)8-14(21)10-15)17(23-24-25)12-4-6-16(27-2)7-5-12/h4-10H,3,11H2,1-2H3,(H,22,26). The van der Waals surface area contributed by atoms with Gasteiger partial charge in [-0.15, -0.1) is 16.9 Å². The third-order valence-electron chi connectivity index (χ3n) is 3.85. The normalized spacial score (nSPS) is 10.7. The highest BCUT2D eigenvalue weighted by atomic mass is 35.5. The van der Waals surface area contributed by atoms with E-state index < -0.39 is 0 Å². The molecule has 28 heavy (non-hydrogen) atoms. The van der Waals surface area contributed by atoms with Crippen LogP contribution in [0.1, 0.15) is 17.4 Å². The van der Waals surface area contributed by atoms with Crippen LogP contribution in [0.2, 0.25) is 10.0 Å². The minimum Gasteiger partial charge on any atom is -0.497 e. The molecule has 0 bridgehead atoms. The van der Waals surface area contributed by atoms with E-state index in [1.54, 1.807) is 41.8 Å². The summed E-state index contributed by atoms with van der Waals surface area (Å²) in [6, 6.07) is 12.2. The molecule has 1 amide bonds. The Morgan fingerprint density at radius 2 is 1.86 bits per heavy atom. The SMILES string of the molecule is CCSCn1nnc(-c2ccc(OC)cc2)c1C(=O)Nc1cc(Cl)cc(Cl)c1. The minimum atomic E-state index is -0.342. The zero-order chi connectivity index (χ0) is 20.1. The van der Waals surface area contributed by atoms with Gasteiger partial charge in [0, 0.05) is 21.3 Å². The molecule has 3 rings (SSSR count).